The topological polar surface area (TPSA) is 82.1 Å². The zero-order valence-corrected chi connectivity index (χ0v) is 13.8. The van der Waals surface area contributed by atoms with Crippen LogP contribution in [0.15, 0.2) is 30.3 Å². The number of carbonyl (C=O) groups is 3. The standard InChI is InChI=1S/C17H21NO6/c1-22-15(19)13-8-14(16(20)23-2)10-18(9-13)17(21)24-11-12-6-4-3-5-7-12/h3-7,13-14H,8-11H2,1-2H3/t13-,14-/m0/s1. The first-order valence-electron chi connectivity index (χ1n) is 7.66. The summed E-state index contributed by atoms with van der Waals surface area (Å²) in [5.74, 6) is -2.05. The van der Waals surface area contributed by atoms with Crippen molar-refractivity contribution in [3.05, 3.63) is 35.9 Å². The number of likely N-dealkylation sites (tertiary alicyclic amines) is 1. The highest BCUT2D eigenvalue weighted by Crippen LogP contribution is 2.24. The molecule has 1 amide bonds. The largest absolute Gasteiger partial charge is 0.469 e. The fraction of sp³-hybridized carbons (Fsp3) is 0.471. The van der Waals surface area contributed by atoms with Crippen LogP contribution >= 0.6 is 0 Å². The Balaban J connectivity index is 2.01. The number of amides is 1. The molecule has 1 heterocycles. The van der Waals surface area contributed by atoms with E-state index in [1.165, 1.54) is 19.1 Å². The van der Waals surface area contributed by atoms with Gasteiger partial charge in [0, 0.05) is 13.1 Å². The van der Waals surface area contributed by atoms with Crippen molar-refractivity contribution in [1.29, 1.82) is 0 Å². The number of methoxy groups -OCH3 is 2. The molecule has 1 fully saturated rings. The van der Waals surface area contributed by atoms with E-state index in [1.54, 1.807) is 0 Å². The Labute approximate surface area is 140 Å². The Hall–Kier alpha value is -2.57. The van der Waals surface area contributed by atoms with Crippen LogP contribution in [0, 0.1) is 11.8 Å². The number of hydrogen-bond donors (Lipinski definition) is 0. The molecular formula is C17H21NO6. The summed E-state index contributed by atoms with van der Waals surface area (Å²) in [6.45, 7) is 0.448. The molecule has 2 atom stereocenters. The number of hydrogen-bond acceptors (Lipinski definition) is 6. The summed E-state index contributed by atoms with van der Waals surface area (Å²) in [7, 11) is 2.56. The molecule has 130 valence electrons. The van der Waals surface area contributed by atoms with Gasteiger partial charge < -0.3 is 19.1 Å². The molecule has 0 radical (unpaired) electrons. The number of benzene rings is 1. The molecule has 1 aliphatic rings. The lowest BCUT2D eigenvalue weighted by atomic mass is 9.89. The summed E-state index contributed by atoms with van der Waals surface area (Å²) in [5, 5.41) is 0. The maximum atomic E-state index is 12.3. The van der Waals surface area contributed by atoms with Crippen LogP contribution in [0.2, 0.25) is 0 Å². The summed E-state index contributed by atoms with van der Waals surface area (Å²) in [4.78, 5) is 37.3. The van der Waals surface area contributed by atoms with Crippen molar-refractivity contribution in [2.75, 3.05) is 27.3 Å². The van der Waals surface area contributed by atoms with Gasteiger partial charge in [0.2, 0.25) is 0 Å². The van der Waals surface area contributed by atoms with Gasteiger partial charge in [-0.2, -0.15) is 0 Å². The summed E-state index contributed by atoms with van der Waals surface area (Å²) in [6, 6.07) is 9.27. The predicted molar refractivity (Wildman–Crippen MR) is 83.8 cm³/mol. The van der Waals surface area contributed by atoms with Gasteiger partial charge in [-0.15, -0.1) is 0 Å². The first kappa shape index (κ1) is 17.8. The number of carbonyl (C=O) groups excluding carboxylic acids is 3. The monoisotopic (exact) mass is 335 g/mol. The summed E-state index contributed by atoms with van der Waals surface area (Å²) < 4.78 is 14.8. The van der Waals surface area contributed by atoms with Gasteiger partial charge in [-0.25, -0.2) is 4.79 Å². The van der Waals surface area contributed by atoms with Crippen LogP contribution < -0.4 is 0 Å². The Morgan fingerprint density at radius 2 is 1.54 bits per heavy atom. The van der Waals surface area contributed by atoms with Crippen molar-refractivity contribution < 1.29 is 28.6 Å². The molecule has 1 saturated heterocycles. The molecule has 0 N–H and O–H groups in total. The van der Waals surface area contributed by atoms with E-state index in [1.807, 2.05) is 30.3 Å². The zero-order chi connectivity index (χ0) is 17.5. The van der Waals surface area contributed by atoms with E-state index < -0.39 is 29.9 Å². The third kappa shape index (κ3) is 4.47. The molecule has 0 saturated carbocycles. The van der Waals surface area contributed by atoms with Crippen molar-refractivity contribution in [3.8, 4) is 0 Å². The first-order chi connectivity index (χ1) is 11.5. The lowest BCUT2D eigenvalue weighted by Gasteiger charge is -2.34. The van der Waals surface area contributed by atoms with Gasteiger partial charge in [-0.1, -0.05) is 30.3 Å². The quantitative estimate of drug-likeness (QED) is 0.614. The van der Waals surface area contributed by atoms with Crippen molar-refractivity contribution in [2.45, 2.75) is 13.0 Å². The van der Waals surface area contributed by atoms with Crippen molar-refractivity contribution in [2.24, 2.45) is 11.8 Å². The van der Waals surface area contributed by atoms with Crippen molar-refractivity contribution in [1.82, 2.24) is 4.90 Å². The molecule has 1 aromatic rings. The average molecular weight is 335 g/mol. The molecule has 0 unspecified atom stereocenters. The second kappa shape index (κ2) is 8.33. The second-order valence-corrected chi connectivity index (χ2v) is 5.62. The Morgan fingerprint density at radius 3 is 2.04 bits per heavy atom. The minimum atomic E-state index is -0.572. The Morgan fingerprint density at radius 1 is 1.00 bits per heavy atom. The third-order valence-corrected chi connectivity index (χ3v) is 3.98. The fourth-order valence-corrected chi connectivity index (χ4v) is 2.73. The first-order valence-corrected chi connectivity index (χ1v) is 7.66. The van der Waals surface area contributed by atoms with Gasteiger partial charge in [0.25, 0.3) is 0 Å². The van der Waals surface area contributed by atoms with E-state index in [2.05, 4.69) is 0 Å². The fourth-order valence-electron chi connectivity index (χ4n) is 2.73. The summed E-state index contributed by atoms with van der Waals surface area (Å²) >= 11 is 0. The van der Waals surface area contributed by atoms with E-state index in [9.17, 15) is 14.4 Å². The molecule has 7 heteroatoms. The van der Waals surface area contributed by atoms with Gasteiger partial charge in [0.15, 0.2) is 0 Å². The number of esters is 2. The van der Waals surface area contributed by atoms with Crippen LogP contribution in [0.3, 0.4) is 0 Å². The van der Waals surface area contributed by atoms with Gasteiger partial charge in [-0.05, 0) is 12.0 Å². The van der Waals surface area contributed by atoms with Crippen molar-refractivity contribution >= 4 is 18.0 Å². The Kier molecular flexibility index (Phi) is 6.17. The van der Waals surface area contributed by atoms with Crippen LogP contribution in [-0.4, -0.2) is 50.2 Å². The SMILES string of the molecule is COC(=O)[C@H]1C[C@H](C(=O)OC)CN(C(=O)OCc2ccccc2)C1. The number of piperidine rings is 1. The highest BCUT2D eigenvalue weighted by molar-refractivity contribution is 5.79. The van der Waals surface area contributed by atoms with Crippen LogP contribution in [0.5, 0.6) is 0 Å². The number of rotatable bonds is 4. The van der Waals surface area contributed by atoms with Gasteiger partial charge in [-0.3, -0.25) is 9.59 Å². The average Bonchev–Trinajstić information content (AvgIpc) is 2.65. The molecule has 0 spiro atoms. The van der Waals surface area contributed by atoms with E-state index in [0.29, 0.717) is 6.42 Å². The maximum absolute atomic E-state index is 12.3. The minimum Gasteiger partial charge on any atom is -0.469 e. The zero-order valence-electron chi connectivity index (χ0n) is 13.8. The highest BCUT2D eigenvalue weighted by Gasteiger charge is 2.38. The summed E-state index contributed by atoms with van der Waals surface area (Å²) in [5.41, 5.74) is 0.858. The second-order valence-electron chi connectivity index (χ2n) is 5.62. The molecule has 0 aromatic heterocycles. The van der Waals surface area contributed by atoms with Crippen molar-refractivity contribution in [3.63, 3.8) is 0 Å². The lowest BCUT2D eigenvalue weighted by molar-refractivity contribution is -0.153. The van der Waals surface area contributed by atoms with Crippen LogP contribution in [0.4, 0.5) is 4.79 Å². The molecule has 1 aliphatic heterocycles. The normalized spacial score (nSPS) is 20.2. The predicted octanol–water partition coefficient (Wildman–Crippen LogP) is 1.61. The summed E-state index contributed by atoms with van der Waals surface area (Å²) in [6.07, 6.45) is -0.275. The molecule has 7 nitrogen and oxygen atoms in total. The number of nitrogens with zero attached hydrogens (tertiary/aromatic N) is 1. The van der Waals surface area contributed by atoms with E-state index in [-0.39, 0.29) is 19.7 Å². The Bertz CT molecular complexity index is 564. The van der Waals surface area contributed by atoms with Crippen LogP contribution in [-0.2, 0) is 30.4 Å². The van der Waals surface area contributed by atoms with Crippen LogP contribution in [0.1, 0.15) is 12.0 Å². The molecule has 24 heavy (non-hydrogen) atoms. The van der Waals surface area contributed by atoms with Gasteiger partial charge in [0.05, 0.1) is 26.1 Å². The van der Waals surface area contributed by atoms with E-state index in [0.717, 1.165) is 5.56 Å². The molecule has 0 bridgehead atoms. The molecule has 2 rings (SSSR count). The van der Waals surface area contributed by atoms with E-state index >= 15 is 0 Å². The maximum Gasteiger partial charge on any atom is 0.410 e. The highest BCUT2D eigenvalue weighted by atomic mass is 16.6. The minimum absolute atomic E-state index is 0.127. The number of ether oxygens (including phenoxy) is 3. The molecule has 0 aliphatic carbocycles. The third-order valence-electron chi connectivity index (χ3n) is 3.98. The van der Waals surface area contributed by atoms with Crippen LogP contribution in [0.25, 0.3) is 0 Å². The van der Waals surface area contributed by atoms with Gasteiger partial charge >= 0.3 is 18.0 Å². The lowest BCUT2D eigenvalue weighted by Crippen LogP contribution is -2.48. The smallest absolute Gasteiger partial charge is 0.410 e. The van der Waals surface area contributed by atoms with Gasteiger partial charge in [0.1, 0.15) is 6.61 Å². The molecular weight excluding hydrogens is 314 g/mol. The molecule has 1 aromatic carbocycles. The van der Waals surface area contributed by atoms with E-state index in [4.69, 9.17) is 14.2 Å².